The molecule has 2 fully saturated rings. The minimum atomic E-state index is 0.0206. The van der Waals surface area contributed by atoms with Crippen molar-refractivity contribution in [2.75, 3.05) is 26.2 Å². The Morgan fingerprint density at radius 2 is 1.71 bits per heavy atom. The van der Waals surface area contributed by atoms with E-state index in [1.54, 1.807) is 0 Å². The molecule has 0 unspecified atom stereocenters. The van der Waals surface area contributed by atoms with Crippen LogP contribution in [-0.2, 0) is 4.79 Å². The fourth-order valence-corrected chi connectivity index (χ4v) is 3.11. The third-order valence-electron chi connectivity index (χ3n) is 4.58. The molecule has 3 amide bonds. The average Bonchev–Trinajstić information content (AvgIpc) is 3.34. The van der Waals surface area contributed by atoms with Gasteiger partial charge in [-0.05, 0) is 38.5 Å². The van der Waals surface area contributed by atoms with Crippen molar-refractivity contribution in [3.63, 3.8) is 0 Å². The zero-order valence-electron chi connectivity index (χ0n) is 12.6. The van der Waals surface area contributed by atoms with E-state index in [0.29, 0.717) is 19.0 Å². The van der Waals surface area contributed by atoms with Gasteiger partial charge in [0.1, 0.15) is 0 Å². The van der Waals surface area contributed by atoms with Crippen LogP contribution in [0.5, 0.6) is 0 Å². The van der Waals surface area contributed by atoms with Crippen molar-refractivity contribution in [3.8, 4) is 0 Å². The van der Waals surface area contributed by atoms with Crippen LogP contribution in [0.15, 0.2) is 12.2 Å². The van der Waals surface area contributed by atoms with Crippen LogP contribution in [0.25, 0.3) is 0 Å². The summed E-state index contributed by atoms with van der Waals surface area (Å²) >= 11 is 0. The van der Waals surface area contributed by atoms with Gasteiger partial charge in [0.05, 0.1) is 0 Å². The fraction of sp³-hybridized carbons (Fsp3) is 0.750. The molecule has 0 aromatic heterocycles. The van der Waals surface area contributed by atoms with Crippen LogP contribution in [0.4, 0.5) is 4.79 Å². The number of carbonyl (C=O) groups is 2. The summed E-state index contributed by atoms with van der Waals surface area (Å²) in [6.07, 6.45) is 10.5. The van der Waals surface area contributed by atoms with Crippen molar-refractivity contribution >= 4 is 11.9 Å². The molecule has 1 atom stereocenters. The Labute approximate surface area is 126 Å². The third-order valence-corrected chi connectivity index (χ3v) is 4.58. The summed E-state index contributed by atoms with van der Waals surface area (Å²) in [7, 11) is 0. The first kappa shape index (κ1) is 14.4. The van der Waals surface area contributed by atoms with Gasteiger partial charge in [-0.1, -0.05) is 12.2 Å². The van der Waals surface area contributed by atoms with Gasteiger partial charge in [0.25, 0.3) is 0 Å². The summed E-state index contributed by atoms with van der Waals surface area (Å²) in [4.78, 5) is 28.2. The molecule has 0 spiro atoms. The van der Waals surface area contributed by atoms with Crippen LogP contribution in [0.3, 0.4) is 0 Å². The first-order valence-electron chi connectivity index (χ1n) is 8.25. The predicted octanol–water partition coefficient (Wildman–Crippen LogP) is 1.75. The Balaban J connectivity index is 1.49. The minimum Gasteiger partial charge on any atom is -0.341 e. The highest BCUT2D eigenvalue weighted by Gasteiger charge is 2.34. The highest BCUT2D eigenvalue weighted by Crippen LogP contribution is 2.31. The number of hydrogen-bond acceptors (Lipinski definition) is 2. The van der Waals surface area contributed by atoms with Crippen molar-refractivity contribution in [2.24, 2.45) is 5.92 Å². The highest BCUT2D eigenvalue weighted by molar-refractivity contribution is 5.81. The van der Waals surface area contributed by atoms with Crippen LogP contribution in [0, 0.1) is 5.92 Å². The maximum absolute atomic E-state index is 12.3. The monoisotopic (exact) mass is 291 g/mol. The molecule has 116 valence electrons. The van der Waals surface area contributed by atoms with Gasteiger partial charge in [-0.2, -0.15) is 0 Å². The number of nitrogens with one attached hydrogen (secondary N) is 1. The molecule has 1 heterocycles. The summed E-state index contributed by atoms with van der Waals surface area (Å²) in [6.45, 7) is 2.88. The summed E-state index contributed by atoms with van der Waals surface area (Å²) in [6, 6.07) is 0.200. The number of carbonyl (C=O) groups excluding carboxylic acids is 2. The number of urea groups is 1. The summed E-state index contributed by atoms with van der Waals surface area (Å²) in [5.41, 5.74) is 0. The zero-order valence-corrected chi connectivity index (χ0v) is 12.6. The Hall–Kier alpha value is -1.52. The van der Waals surface area contributed by atoms with Gasteiger partial charge in [-0.25, -0.2) is 4.79 Å². The van der Waals surface area contributed by atoms with Gasteiger partial charge < -0.3 is 15.1 Å². The molecular formula is C16H25N3O2. The van der Waals surface area contributed by atoms with Crippen LogP contribution < -0.4 is 5.32 Å². The van der Waals surface area contributed by atoms with Crippen molar-refractivity contribution in [3.05, 3.63) is 12.2 Å². The smallest absolute Gasteiger partial charge is 0.317 e. The molecule has 0 bridgehead atoms. The molecule has 0 radical (unpaired) electrons. The lowest BCUT2D eigenvalue weighted by Crippen LogP contribution is -2.46. The summed E-state index contributed by atoms with van der Waals surface area (Å²) in [5, 5.41) is 3.09. The van der Waals surface area contributed by atoms with E-state index in [4.69, 9.17) is 0 Å². The third kappa shape index (κ3) is 3.77. The number of nitrogens with zero attached hydrogens (tertiary/aromatic N) is 2. The van der Waals surface area contributed by atoms with Crippen LogP contribution >= 0.6 is 0 Å². The maximum Gasteiger partial charge on any atom is 0.317 e. The molecule has 0 aromatic carbocycles. The first-order valence-corrected chi connectivity index (χ1v) is 8.25. The molecule has 1 N–H and O–H groups in total. The highest BCUT2D eigenvalue weighted by atomic mass is 16.2. The second-order valence-electron chi connectivity index (χ2n) is 6.36. The zero-order chi connectivity index (χ0) is 14.7. The minimum absolute atomic E-state index is 0.0206. The molecule has 5 heteroatoms. The Bertz CT molecular complexity index is 431. The van der Waals surface area contributed by atoms with Crippen molar-refractivity contribution < 1.29 is 9.59 Å². The van der Waals surface area contributed by atoms with E-state index in [1.807, 2.05) is 9.80 Å². The molecule has 1 saturated carbocycles. The number of rotatable bonds is 2. The molecule has 3 aliphatic rings. The summed E-state index contributed by atoms with van der Waals surface area (Å²) < 4.78 is 0. The first-order chi connectivity index (χ1) is 10.2. The van der Waals surface area contributed by atoms with Gasteiger partial charge >= 0.3 is 6.03 Å². The van der Waals surface area contributed by atoms with E-state index in [9.17, 15) is 9.59 Å². The van der Waals surface area contributed by atoms with Gasteiger partial charge in [-0.15, -0.1) is 0 Å². The lowest BCUT2D eigenvalue weighted by Gasteiger charge is -2.25. The molecule has 1 saturated heterocycles. The maximum atomic E-state index is 12.3. The quantitative estimate of drug-likeness (QED) is 0.788. The fourth-order valence-electron chi connectivity index (χ4n) is 3.11. The Kier molecular flexibility index (Phi) is 4.46. The normalized spacial score (nSPS) is 26.4. The van der Waals surface area contributed by atoms with Crippen molar-refractivity contribution in [1.29, 1.82) is 0 Å². The predicted molar refractivity (Wildman–Crippen MR) is 80.8 cm³/mol. The summed E-state index contributed by atoms with van der Waals surface area (Å²) in [5.74, 6) is 0.574. The molecule has 1 aliphatic heterocycles. The van der Waals surface area contributed by atoms with E-state index in [-0.39, 0.29) is 18.0 Å². The van der Waals surface area contributed by atoms with E-state index >= 15 is 0 Å². The lowest BCUT2D eigenvalue weighted by atomic mass is 10.0. The molecular weight excluding hydrogens is 266 g/mol. The van der Waals surface area contributed by atoms with E-state index in [0.717, 1.165) is 51.6 Å². The Morgan fingerprint density at radius 1 is 0.952 bits per heavy atom. The number of allylic oxidation sites excluding steroid dienone is 1. The lowest BCUT2D eigenvalue weighted by molar-refractivity contribution is -0.132. The molecule has 0 aromatic rings. The molecule has 5 nitrogen and oxygen atoms in total. The second-order valence-corrected chi connectivity index (χ2v) is 6.36. The van der Waals surface area contributed by atoms with E-state index in [2.05, 4.69) is 17.5 Å². The van der Waals surface area contributed by atoms with Gasteiger partial charge in [0.2, 0.25) is 5.91 Å². The molecule has 21 heavy (non-hydrogen) atoms. The van der Waals surface area contributed by atoms with Crippen molar-refractivity contribution in [1.82, 2.24) is 15.1 Å². The van der Waals surface area contributed by atoms with E-state index < -0.39 is 0 Å². The number of amides is 3. The Morgan fingerprint density at radius 3 is 2.43 bits per heavy atom. The van der Waals surface area contributed by atoms with Gasteiger partial charge in [0.15, 0.2) is 0 Å². The van der Waals surface area contributed by atoms with Crippen LogP contribution in [0.2, 0.25) is 0 Å². The number of hydrogen-bond donors (Lipinski definition) is 1. The van der Waals surface area contributed by atoms with Crippen molar-refractivity contribution in [2.45, 2.75) is 44.6 Å². The average molecular weight is 291 g/mol. The SMILES string of the molecule is O=C(N[C@H]1C=CCCC1)N1CCCN(C(=O)C2CC2)CC1. The van der Waals surface area contributed by atoms with Gasteiger partial charge in [0, 0.05) is 38.1 Å². The van der Waals surface area contributed by atoms with E-state index in [1.165, 1.54) is 0 Å². The topological polar surface area (TPSA) is 52.7 Å². The largest absolute Gasteiger partial charge is 0.341 e. The second kappa shape index (κ2) is 6.50. The van der Waals surface area contributed by atoms with Gasteiger partial charge in [-0.3, -0.25) is 4.79 Å². The van der Waals surface area contributed by atoms with Crippen LogP contribution in [-0.4, -0.2) is 54.0 Å². The van der Waals surface area contributed by atoms with Crippen LogP contribution in [0.1, 0.15) is 38.5 Å². The molecule has 3 rings (SSSR count). The standard InChI is InChI=1S/C16H25N3O2/c20-15(13-7-8-13)18-9-4-10-19(12-11-18)16(21)17-14-5-2-1-3-6-14/h2,5,13-14H,1,3-4,6-12H2,(H,17,21)/t14-/m0/s1. The molecule has 2 aliphatic carbocycles.